The molecule has 0 fully saturated rings. The predicted octanol–water partition coefficient (Wildman–Crippen LogP) is -1.14. The molecule has 0 saturated carbocycles. The normalized spacial score (nSPS) is 8.20. The second kappa shape index (κ2) is 2.17. The zero-order chi connectivity index (χ0) is 4.28. The van der Waals surface area contributed by atoms with Gasteiger partial charge in [0, 0.05) is 10.2 Å². The van der Waals surface area contributed by atoms with Crippen LogP contribution in [0.25, 0.3) is 0 Å². The molecule has 2 heteroatoms. The molecule has 0 aliphatic carbocycles. The Morgan fingerprint density at radius 1 is 2.00 bits per heavy atom. The second-order valence-corrected chi connectivity index (χ2v) is 2.53. The van der Waals surface area contributed by atoms with Gasteiger partial charge in [-0.25, -0.2) is 0 Å². The van der Waals surface area contributed by atoms with Gasteiger partial charge in [-0.1, -0.05) is 5.20 Å². The van der Waals surface area contributed by atoms with Gasteiger partial charge in [-0.05, 0) is 0 Å². The molecule has 0 unspecified atom stereocenters. The summed E-state index contributed by atoms with van der Waals surface area (Å²) in [5, 5.41) is 9.03. The lowest BCUT2D eigenvalue weighted by molar-refractivity contribution is 0.339. The average Bonchev–Trinajstić information content (AvgIpc) is 1.38. The Balaban J connectivity index is 2.85. The third-order valence-electron chi connectivity index (χ3n) is 0.270. The fraction of sp³-hybridized carbons (Fsp3) is 0.333. The molecule has 0 radical (unpaired) electrons. The molecule has 0 aliphatic heterocycles. The largest absolute Gasteiger partial charge is 0.392 e. The van der Waals surface area contributed by atoms with Crippen molar-refractivity contribution in [1.29, 1.82) is 0 Å². The van der Waals surface area contributed by atoms with Gasteiger partial charge in [-0.2, -0.15) is 0 Å². The zero-order valence-electron chi connectivity index (χ0n) is 3.36. The Morgan fingerprint density at radius 3 is 2.20 bits per heavy atom. The fourth-order valence-corrected chi connectivity index (χ4v) is 0. The monoisotopic (exact) mass is 88.0 g/mol. The first-order valence-electron chi connectivity index (χ1n) is 1.52. The van der Waals surface area contributed by atoms with Gasteiger partial charge < -0.3 is 5.11 Å². The van der Waals surface area contributed by atoms with Gasteiger partial charge in [0.1, 0.15) is 0 Å². The van der Waals surface area contributed by atoms with Gasteiger partial charge in [0.2, 0.25) is 0 Å². The molecule has 1 N–H and O–H groups in total. The van der Waals surface area contributed by atoms with Crippen molar-refractivity contribution in [3.63, 3.8) is 0 Å². The van der Waals surface area contributed by atoms with Crippen LogP contribution in [0.5, 0.6) is 0 Å². The molecular formula is C3H8OSi. The summed E-state index contributed by atoms with van der Waals surface area (Å²) in [4.78, 5) is 0. The topological polar surface area (TPSA) is 20.2 Å². The number of aliphatic hydroxyl groups is 1. The van der Waals surface area contributed by atoms with E-state index >= 15 is 0 Å². The van der Waals surface area contributed by atoms with Crippen molar-refractivity contribution in [2.45, 2.75) is 0 Å². The summed E-state index contributed by atoms with van der Waals surface area (Å²) in [6.07, 6.45) is 0. The van der Waals surface area contributed by atoms with E-state index in [1.807, 2.05) is 0 Å². The zero-order valence-corrected chi connectivity index (χ0v) is 5.36. The highest BCUT2D eigenvalue weighted by Crippen LogP contribution is 1.69. The molecule has 30 valence electrons. The second-order valence-electron chi connectivity index (χ2n) is 1.12. The van der Waals surface area contributed by atoms with Crippen molar-refractivity contribution < 1.29 is 5.11 Å². The van der Waals surface area contributed by atoms with Gasteiger partial charge in [0.25, 0.3) is 0 Å². The highest BCUT2D eigenvalue weighted by molar-refractivity contribution is 6.21. The molecule has 0 heterocycles. The standard InChI is InChI=1S/C3H8OSi/c1-3(5)2-4/h4H,1-2H2,5H3. The minimum absolute atomic E-state index is 0.173. The average molecular weight is 88.2 g/mol. The van der Waals surface area contributed by atoms with E-state index in [1.165, 1.54) is 0 Å². The van der Waals surface area contributed by atoms with E-state index in [2.05, 4.69) is 6.58 Å². The van der Waals surface area contributed by atoms with Crippen molar-refractivity contribution in [3.05, 3.63) is 11.8 Å². The van der Waals surface area contributed by atoms with Crippen LogP contribution >= 0.6 is 0 Å². The van der Waals surface area contributed by atoms with Gasteiger partial charge in [-0.3, -0.25) is 0 Å². The lowest BCUT2D eigenvalue weighted by Gasteiger charge is -1.79. The summed E-state index contributed by atoms with van der Waals surface area (Å²) >= 11 is 0. The molecule has 0 aromatic rings. The van der Waals surface area contributed by atoms with Crippen LogP contribution in [-0.4, -0.2) is 22.0 Å². The molecule has 0 atom stereocenters. The van der Waals surface area contributed by atoms with Crippen LogP contribution in [0.4, 0.5) is 0 Å². The first kappa shape index (κ1) is 4.92. The van der Waals surface area contributed by atoms with Crippen LogP contribution in [0.3, 0.4) is 0 Å². The minimum Gasteiger partial charge on any atom is -0.392 e. The molecule has 0 rings (SSSR count). The Labute approximate surface area is 34.7 Å². The third-order valence-corrected chi connectivity index (χ3v) is 0.586. The maximum atomic E-state index is 8.08. The summed E-state index contributed by atoms with van der Waals surface area (Å²) in [6, 6.07) is 0. The highest BCUT2D eigenvalue weighted by atomic mass is 28.1. The molecule has 0 bridgehead atoms. The lowest BCUT2D eigenvalue weighted by Crippen LogP contribution is -1.82. The number of hydrogen-bond donors (Lipinski definition) is 1. The Morgan fingerprint density at radius 2 is 2.20 bits per heavy atom. The number of aliphatic hydroxyl groups excluding tert-OH is 1. The molecule has 5 heavy (non-hydrogen) atoms. The molecule has 0 spiro atoms. The SMILES string of the molecule is C=C([SiH3])CO. The molecule has 1 nitrogen and oxygen atoms in total. The van der Waals surface area contributed by atoms with Gasteiger partial charge in [0.05, 0.1) is 6.61 Å². The van der Waals surface area contributed by atoms with E-state index in [0.29, 0.717) is 0 Å². The van der Waals surface area contributed by atoms with Crippen molar-refractivity contribution in [2.75, 3.05) is 6.61 Å². The van der Waals surface area contributed by atoms with Crippen LogP contribution in [0.15, 0.2) is 11.8 Å². The summed E-state index contributed by atoms with van der Waals surface area (Å²) in [5.41, 5.74) is 0. The maximum absolute atomic E-state index is 8.08. The van der Waals surface area contributed by atoms with E-state index in [4.69, 9.17) is 5.11 Å². The minimum atomic E-state index is 0.173. The summed E-state index contributed by atoms with van der Waals surface area (Å²) in [7, 11) is 0.925. The van der Waals surface area contributed by atoms with Crippen LogP contribution in [-0.2, 0) is 0 Å². The van der Waals surface area contributed by atoms with E-state index in [1.54, 1.807) is 0 Å². The van der Waals surface area contributed by atoms with Gasteiger partial charge in [-0.15, -0.1) is 6.58 Å². The molecule has 0 aromatic carbocycles. The quantitative estimate of drug-likeness (QED) is 0.402. The van der Waals surface area contributed by atoms with Crippen molar-refractivity contribution >= 4 is 10.2 Å². The summed E-state index contributed by atoms with van der Waals surface area (Å²) in [6.45, 7) is 3.66. The van der Waals surface area contributed by atoms with Crippen LogP contribution in [0.2, 0.25) is 0 Å². The van der Waals surface area contributed by atoms with Gasteiger partial charge >= 0.3 is 0 Å². The van der Waals surface area contributed by atoms with Crippen LogP contribution < -0.4 is 0 Å². The smallest absolute Gasteiger partial charge is 0.0594 e. The Hall–Kier alpha value is -0.0831. The Kier molecular flexibility index (Phi) is 2.14. The van der Waals surface area contributed by atoms with Crippen molar-refractivity contribution in [3.8, 4) is 0 Å². The number of hydrogen-bond acceptors (Lipinski definition) is 1. The Bertz CT molecular complexity index is 42.2. The molecule has 0 aromatic heterocycles. The van der Waals surface area contributed by atoms with E-state index < -0.39 is 0 Å². The van der Waals surface area contributed by atoms with E-state index in [-0.39, 0.29) is 6.61 Å². The van der Waals surface area contributed by atoms with Crippen LogP contribution in [0.1, 0.15) is 0 Å². The van der Waals surface area contributed by atoms with E-state index in [9.17, 15) is 0 Å². The van der Waals surface area contributed by atoms with Crippen molar-refractivity contribution in [1.82, 2.24) is 0 Å². The first-order chi connectivity index (χ1) is 2.27. The first-order valence-corrected chi connectivity index (χ1v) is 2.52. The predicted molar refractivity (Wildman–Crippen MR) is 26.2 cm³/mol. The maximum Gasteiger partial charge on any atom is 0.0594 e. The molecular weight excluding hydrogens is 80.1 g/mol. The molecule has 0 amide bonds. The third kappa shape index (κ3) is 3.92. The fourth-order valence-electron chi connectivity index (χ4n) is 0. The number of rotatable bonds is 1. The highest BCUT2D eigenvalue weighted by Gasteiger charge is 1.69. The van der Waals surface area contributed by atoms with Gasteiger partial charge in [0.15, 0.2) is 0 Å². The molecule has 0 aliphatic rings. The van der Waals surface area contributed by atoms with Crippen LogP contribution in [0, 0.1) is 0 Å². The summed E-state index contributed by atoms with van der Waals surface area (Å²) < 4.78 is 0. The summed E-state index contributed by atoms with van der Waals surface area (Å²) in [5.74, 6) is 0. The van der Waals surface area contributed by atoms with E-state index in [0.717, 1.165) is 15.4 Å². The molecule has 0 saturated heterocycles. The lowest BCUT2D eigenvalue weighted by atomic mass is 10.7. The van der Waals surface area contributed by atoms with Crippen molar-refractivity contribution in [2.24, 2.45) is 0 Å².